The average Bonchev–Trinajstić information content (AvgIpc) is 3.02. The number of nitrogens with zero attached hydrogens (tertiary/aromatic N) is 1. The third-order valence-corrected chi connectivity index (χ3v) is 5.54. The van der Waals surface area contributed by atoms with Crippen LogP contribution in [0.1, 0.15) is 10.4 Å². The van der Waals surface area contributed by atoms with Crippen LogP contribution in [0.5, 0.6) is 17.2 Å². The van der Waals surface area contributed by atoms with Crippen LogP contribution in [0.4, 0.5) is 5.13 Å². The van der Waals surface area contributed by atoms with Gasteiger partial charge in [-0.1, -0.05) is 22.9 Å². The van der Waals surface area contributed by atoms with E-state index in [2.05, 4.69) is 26.2 Å². The molecular weight excluding hydrogens is 444 g/mol. The molecule has 0 aliphatic rings. The van der Waals surface area contributed by atoms with Gasteiger partial charge >= 0.3 is 0 Å². The number of aromatic nitrogens is 1. The molecule has 0 spiro atoms. The third-order valence-electron chi connectivity index (χ3n) is 3.59. The van der Waals surface area contributed by atoms with Crippen molar-refractivity contribution in [3.05, 3.63) is 39.3 Å². The maximum absolute atomic E-state index is 12.8. The zero-order valence-corrected chi connectivity index (χ0v) is 17.2. The van der Waals surface area contributed by atoms with E-state index >= 15 is 0 Å². The van der Waals surface area contributed by atoms with Gasteiger partial charge in [0.1, 0.15) is 0 Å². The van der Waals surface area contributed by atoms with Crippen molar-refractivity contribution in [1.29, 1.82) is 0 Å². The van der Waals surface area contributed by atoms with Crippen LogP contribution in [0.15, 0.2) is 28.7 Å². The van der Waals surface area contributed by atoms with Crippen molar-refractivity contribution in [3.8, 4) is 17.2 Å². The molecule has 2 aromatic carbocycles. The molecule has 1 N–H and O–H groups in total. The summed E-state index contributed by atoms with van der Waals surface area (Å²) in [5.41, 5.74) is 1.09. The number of hydrogen-bond acceptors (Lipinski definition) is 6. The number of anilines is 1. The topological polar surface area (TPSA) is 69.7 Å². The molecule has 0 saturated heterocycles. The number of thiazole rings is 1. The lowest BCUT2D eigenvalue weighted by atomic mass is 10.1. The molecule has 1 amide bonds. The lowest BCUT2D eigenvalue weighted by molar-refractivity contribution is 0.102. The predicted molar refractivity (Wildman–Crippen MR) is 106 cm³/mol. The fourth-order valence-corrected chi connectivity index (χ4v) is 4.18. The summed E-state index contributed by atoms with van der Waals surface area (Å²) >= 11 is 10.7. The number of carbonyl (C=O) groups excluding carboxylic acids is 1. The Morgan fingerprint density at radius 2 is 1.88 bits per heavy atom. The Hall–Kier alpha value is -2.03. The zero-order chi connectivity index (χ0) is 18.8. The maximum atomic E-state index is 12.8. The first-order chi connectivity index (χ1) is 12.5. The number of nitrogens with one attached hydrogen (secondary N) is 1. The molecule has 0 unspecified atom stereocenters. The van der Waals surface area contributed by atoms with Crippen LogP contribution in [0.25, 0.3) is 10.2 Å². The van der Waals surface area contributed by atoms with Gasteiger partial charge in [-0.05, 0) is 40.2 Å². The molecule has 26 heavy (non-hydrogen) atoms. The van der Waals surface area contributed by atoms with Crippen molar-refractivity contribution in [3.63, 3.8) is 0 Å². The normalized spacial score (nSPS) is 10.7. The molecule has 6 nitrogen and oxygen atoms in total. The molecule has 9 heteroatoms. The van der Waals surface area contributed by atoms with Gasteiger partial charge in [0.05, 0.1) is 41.6 Å². The van der Waals surface area contributed by atoms with Gasteiger partial charge in [-0.25, -0.2) is 4.98 Å². The average molecular weight is 458 g/mol. The molecular formula is C17H14BrClN2O4S. The van der Waals surface area contributed by atoms with E-state index in [1.807, 2.05) is 0 Å². The zero-order valence-electron chi connectivity index (χ0n) is 14.1. The van der Waals surface area contributed by atoms with E-state index in [0.29, 0.717) is 37.4 Å². The second-order valence-corrected chi connectivity index (χ2v) is 7.35. The molecule has 0 atom stereocenters. The number of rotatable bonds is 5. The highest BCUT2D eigenvalue weighted by molar-refractivity contribution is 9.10. The Morgan fingerprint density at radius 1 is 1.15 bits per heavy atom. The summed E-state index contributed by atoms with van der Waals surface area (Å²) in [4.78, 5) is 17.2. The largest absolute Gasteiger partial charge is 0.493 e. The first kappa shape index (κ1) is 18.8. The van der Waals surface area contributed by atoms with E-state index in [-0.39, 0.29) is 5.91 Å². The van der Waals surface area contributed by atoms with Crippen LogP contribution in [0.2, 0.25) is 5.02 Å². The van der Waals surface area contributed by atoms with Gasteiger partial charge < -0.3 is 14.2 Å². The summed E-state index contributed by atoms with van der Waals surface area (Å²) in [6.07, 6.45) is 0. The summed E-state index contributed by atoms with van der Waals surface area (Å²) in [7, 11) is 4.48. The fraction of sp³-hybridized carbons (Fsp3) is 0.176. The number of halogens is 2. The number of fused-ring (bicyclic) bond motifs is 1. The molecule has 3 rings (SSSR count). The Balaban J connectivity index is 1.98. The van der Waals surface area contributed by atoms with Gasteiger partial charge in [0.25, 0.3) is 5.91 Å². The van der Waals surface area contributed by atoms with Crippen molar-refractivity contribution in [2.24, 2.45) is 0 Å². The number of hydrogen-bond donors (Lipinski definition) is 1. The second kappa shape index (κ2) is 7.69. The van der Waals surface area contributed by atoms with Crippen molar-refractivity contribution >= 4 is 60.1 Å². The van der Waals surface area contributed by atoms with Crippen LogP contribution in [-0.4, -0.2) is 32.2 Å². The van der Waals surface area contributed by atoms with Crippen molar-refractivity contribution < 1.29 is 19.0 Å². The van der Waals surface area contributed by atoms with E-state index in [1.54, 1.807) is 24.3 Å². The summed E-state index contributed by atoms with van der Waals surface area (Å²) < 4.78 is 17.3. The van der Waals surface area contributed by atoms with Gasteiger partial charge in [0.2, 0.25) is 5.75 Å². The van der Waals surface area contributed by atoms with Crippen LogP contribution >= 0.6 is 38.9 Å². The molecule has 3 aromatic rings. The Morgan fingerprint density at radius 3 is 2.54 bits per heavy atom. The van der Waals surface area contributed by atoms with Gasteiger partial charge in [0, 0.05) is 5.02 Å². The minimum Gasteiger partial charge on any atom is -0.493 e. The quantitative estimate of drug-likeness (QED) is 0.584. The lowest BCUT2D eigenvalue weighted by Crippen LogP contribution is -2.13. The molecule has 0 saturated carbocycles. The first-order valence-electron chi connectivity index (χ1n) is 7.34. The van der Waals surface area contributed by atoms with E-state index in [9.17, 15) is 4.79 Å². The first-order valence-corrected chi connectivity index (χ1v) is 9.33. The Labute approximate surface area is 167 Å². The van der Waals surface area contributed by atoms with Crippen LogP contribution in [0.3, 0.4) is 0 Å². The smallest absolute Gasteiger partial charge is 0.258 e. The van der Waals surface area contributed by atoms with Crippen molar-refractivity contribution in [1.82, 2.24) is 4.98 Å². The van der Waals surface area contributed by atoms with E-state index in [4.69, 9.17) is 25.8 Å². The minimum atomic E-state index is -0.360. The fourth-order valence-electron chi connectivity index (χ4n) is 2.40. The van der Waals surface area contributed by atoms with Crippen LogP contribution < -0.4 is 19.5 Å². The molecule has 0 radical (unpaired) electrons. The number of methoxy groups -OCH3 is 3. The molecule has 1 aromatic heterocycles. The maximum Gasteiger partial charge on any atom is 0.258 e. The summed E-state index contributed by atoms with van der Waals surface area (Å²) in [6.45, 7) is 0. The highest BCUT2D eigenvalue weighted by Crippen LogP contribution is 2.45. The molecule has 0 aliphatic carbocycles. The van der Waals surface area contributed by atoms with Crippen molar-refractivity contribution in [2.75, 3.05) is 26.6 Å². The monoisotopic (exact) mass is 456 g/mol. The van der Waals surface area contributed by atoms with Crippen LogP contribution in [0, 0.1) is 0 Å². The van der Waals surface area contributed by atoms with Gasteiger partial charge in [-0.15, -0.1) is 0 Å². The highest BCUT2D eigenvalue weighted by atomic mass is 79.9. The number of amides is 1. The molecule has 0 aliphatic heterocycles. The molecule has 1 heterocycles. The number of carbonyl (C=O) groups is 1. The highest BCUT2D eigenvalue weighted by Gasteiger charge is 2.23. The van der Waals surface area contributed by atoms with E-state index in [1.165, 1.54) is 32.7 Å². The van der Waals surface area contributed by atoms with E-state index in [0.717, 1.165) is 10.2 Å². The van der Waals surface area contributed by atoms with Crippen LogP contribution in [-0.2, 0) is 0 Å². The van der Waals surface area contributed by atoms with E-state index < -0.39 is 0 Å². The summed E-state index contributed by atoms with van der Waals surface area (Å²) in [6, 6.07) is 6.94. The van der Waals surface area contributed by atoms with Gasteiger partial charge in [0.15, 0.2) is 16.6 Å². The lowest BCUT2D eigenvalue weighted by Gasteiger charge is -2.16. The summed E-state index contributed by atoms with van der Waals surface area (Å²) in [5.74, 6) is 0.788. The number of benzene rings is 2. The predicted octanol–water partition coefficient (Wildman–Crippen LogP) is 4.99. The number of ether oxygens (including phenoxy) is 3. The minimum absolute atomic E-state index is 0.330. The summed E-state index contributed by atoms with van der Waals surface area (Å²) in [5, 5.41) is 3.87. The van der Waals surface area contributed by atoms with Gasteiger partial charge in [-0.2, -0.15) is 0 Å². The standard InChI is InChI=1S/C17H14BrClN2O4S/c1-23-11-7-9(13(18)15(25-3)14(11)24-2)16(22)21-17-20-10-5-4-8(19)6-12(10)26-17/h4-7H,1-3H3,(H,20,21,22). The molecule has 0 bridgehead atoms. The van der Waals surface area contributed by atoms with Gasteiger partial charge in [-0.3, -0.25) is 10.1 Å². The molecule has 136 valence electrons. The Kier molecular flexibility index (Phi) is 5.55. The van der Waals surface area contributed by atoms with Crippen molar-refractivity contribution in [2.45, 2.75) is 0 Å². The SMILES string of the molecule is COc1cc(C(=O)Nc2nc3ccc(Cl)cc3s2)c(Br)c(OC)c1OC. The molecule has 0 fully saturated rings. The Bertz CT molecular complexity index is 993. The third kappa shape index (κ3) is 3.44. The second-order valence-electron chi connectivity index (χ2n) is 5.09.